The maximum Gasteiger partial charge on any atom is 0.338 e. The van der Waals surface area contributed by atoms with Crippen LogP contribution in [0, 0.1) is 18.6 Å². The molecule has 2 aromatic heterocycles. The van der Waals surface area contributed by atoms with Crippen molar-refractivity contribution >= 4 is 23.3 Å². The van der Waals surface area contributed by atoms with E-state index in [1.807, 2.05) is 70.2 Å². The number of rotatable bonds is 6. The van der Waals surface area contributed by atoms with Crippen molar-refractivity contribution in [2.24, 2.45) is 5.73 Å². The zero-order valence-corrected chi connectivity index (χ0v) is 27.4. The van der Waals surface area contributed by atoms with Crippen molar-refractivity contribution in [1.82, 2.24) is 19.9 Å². The lowest BCUT2D eigenvalue weighted by molar-refractivity contribution is 0.00683. The van der Waals surface area contributed by atoms with E-state index in [2.05, 4.69) is 15.4 Å². The number of amides is 1. The molecule has 1 atom stereocenters. The van der Waals surface area contributed by atoms with Crippen molar-refractivity contribution < 1.29 is 27.9 Å². The van der Waals surface area contributed by atoms with Gasteiger partial charge in [0, 0.05) is 31.1 Å². The third-order valence-corrected chi connectivity index (χ3v) is 7.89. The quantitative estimate of drug-likeness (QED) is 0.154. The van der Waals surface area contributed by atoms with Crippen LogP contribution < -0.4 is 11.1 Å². The van der Waals surface area contributed by atoms with Crippen LogP contribution in [0.15, 0.2) is 72.8 Å². The molecular weight excluding hydrogens is 616 g/mol. The van der Waals surface area contributed by atoms with Crippen LogP contribution >= 0.6 is 0 Å². The number of ketones is 1. The normalized spacial score (nSPS) is 13.8. The number of nitrogens with one attached hydrogen (secondary N) is 1. The van der Waals surface area contributed by atoms with E-state index in [9.17, 15) is 23.2 Å². The number of hydrogen-bond acceptors (Lipinski definition) is 7. The van der Waals surface area contributed by atoms with Crippen molar-refractivity contribution in [3.8, 4) is 11.3 Å². The summed E-state index contributed by atoms with van der Waals surface area (Å²) in [5.41, 5.74) is 12.1. The maximum absolute atomic E-state index is 13.4. The maximum atomic E-state index is 13.4. The minimum absolute atomic E-state index is 0.0257. The summed E-state index contributed by atoms with van der Waals surface area (Å²) in [5.74, 6) is -3.03. The molecule has 3 N–H and O–H groups in total. The SMILES string of the molecule is CC(=O)c1cc(C(=O)NCc2ccc(F)c(F)c2)n2nc(-c3ccccc3)cc2n1.Cc1c(C(=O)OC(C)(C)C)ccc2c1CC[C@@H]2N. The number of ether oxygens (including phenoxy) is 1. The smallest absolute Gasteiger partial charge is 0.338 e. The van der Waals surface area contributed by atoms with Crippen LogP contribution in [0.25, 0.3) is 16.9 Å². The van der Waals surface area contributed by atoms with Crippen LogP contribution in [-0.4, -0.2) is 37.9 Å². The molecule has 2 heterocycles. The molecule has 5 aromatic rings. The summed E-state index contributed by atoms with van der Waals surface area (Å²) in [4.78, 5) is 41.1. The van der Waals surface area contributed by atoms with Crippen LogP contribution in [-0.2, 0) is 17.7 Å². The van der Waals surface area contributed by atoms with Crippen molar-refractivity contribution in [1.29, 1.82) is 0 Å². The van der Waals surface area contributed by atoms with E-state index < -0.39 is 23.1 Å². The number of fused-ring (bicyclic) bond motifs is 2. The van der Waals surface area contributed by atoms with Crippen molar-refractivity contribution in [2.75, 3.05) is 0 Å². The number of esters is 1. The lowest BCUT2D eigenvalue weighted by Gasteiger charge is -2.21. The van der Waals surface area contributed by atoms with Gasteiger partial charge in [-0.15, -0.1) is 0 Å². The number of aromatic nitrogens is 3. The Morgan fingerprint density at radius 3 is 2.40 bits per heavy atom. The average molecular weight is 654 g/mol. The molecule has 0 unspecified atom stereocenters. The summed E-state index contributed by atoms with van der Waals surface area (Å²) in [7, 11) is 0. The van der Waals surface area contributed by atoms with Gasteiger partial charge in [0.15, 0.2) is 23.1 Å². The lowest BCUT2D eigenvalue weighted by Crippen LogP contribution is -2.26. The minimum atomic E-state index is -0.994. The molecule has 6 rings (SSSR count). The molecule has 1 aliphatic carbocycles. The molecule has 11 heteroatoms. The Bertz CT molecular complexity index is 2020. The minimum Gasteiger partial charge on any atom is -0.456 e. The summed E-state index contributed by atoms with van der Waals surface area (Å²) >= 11 is 0. The number of nitrogens with two attached hydrogens (primary N) is 1. The molecule has 0 aliphatic heterocycles. The molecule has 3 aromatic carbocycles. The Morgan fingerprint density at radius 1 is 1.00 bits per heavy atom. The summed E-state index contributed by atoms with van der Waals surface area (Å²) in [6.45, 7) is 8.95. The van der Waals surface area contributed by atoms with Gasteiger partial charge in [-0.3, -0.25) is 9.59 Å². The predicted molar refractivity (Wildman–Crippen MR) is 178 cm³/mol. The van der Waals surface area contributed by atoms with Crippen LogP contribution in [0.4, 0.5) is 8.78 Å². The fourth-order valence-corrected chi connectivity index (χ4v) is 5.46. The lowest BCUT2D eigenvalue weighted by atomic mass is 9.98. The van der Waals surface area contributed by atoms with Gasteiger partial charge in [0.05, 0.1) is 11.3 Å². The van der Waals surface area contributed by atoms with Gasteiger partial charge in [-0.2, -0.15) is 5.10 Å². The fourth-order valence-electron chi connectivity index (χ4n) is 5.46. The number of Topliss-reactive ketones (excluding diaryl/α,β-unsaturated/α-hetero) is 1. The Morgan fingerprint density at radius 2 is 1.73 bits per heavy atom. The molecule has 248 valence electrons. The van der Waals surface area contributed by atoms with E-state index >= 15 is 0 Å². The highest BCUT2D eigenvalue weighted by atomic mass is 19.2. The molecule has 0 spiro atoms. The second-order valence-electron chi connectivity index (χ2n) is 12.6. The van der Waals surface area contributed by atoms with E-state index in [-0.39, 0.29) is 35.7 Å². The summed E-state index contributed by atoms with van der Waals surface area (Å²) in [5, 5.41) is 7.10. The van der Waals surface area contributed by atoms with E-state index in [1.54, 1.807) is 6.07 Å². The summed E-state index contributed by atoms with van der Waals surface area (Å²) < 4.78 is 33.3. The Hall–Kier alpha value is -5.29. The number of nitrogens with zero attached hydrogens (tertiary/aromatic N) is 3. The van der Waals surface area contributed by atoms with Crippen molar-refractivity contribution in [2.45, 2.75) is 65.6 Å². The number of carbonyl (C=O) groups excluding carboxylic acids is 3. The molecule has 0 saturated heterocycles. The highest BCUT2D eigenvalue weighted by Gasteiger charge is 2.26. The average Bonchev–Trinajstić information content (AvgIpc) is 3.65. The third-order valence-electron chi connectivity index (χ3n) is 7.89. The molecule has 0 bridgehead atoms. The molecule has 0 fully saturated rings. The van der Waals surface area contributed by atoms with Crippen LogP contribution in [0.5, 0.6) is 0 Å². The molecule has 0 radical (unpaired) electrons. The van der Waals surface area contributed by atoms with Crippen molar-refractivity contribution in [3.63, 3.8) is 0 Å². The predicted octanol–water partition coefficient (Wildman–Crippen LogP) is 6.70. The molecule has 48 heavy (non-hydrogen) atoms. The number of hydrogen-bond donors (Lipinski definition) is 2. The van der Waals surface area contributed by atoms with Gasteiger partial charge in [-0.1, -0.05) is 42.5 Å². The molecule has 1 amide bonds. The molecule has 1 aliphatic rings. The van der Waals surface area contributed by atoms with Gasteiger partial charge in [-0.05, 0) is 87.1 Å². The second-order valence-corrected chi connectivity index (χ2v) is 12.6. The first-order valence-electron chi connectivity index (χ1n) is 15.5. The second kappa shape index (κ2) is 13.8. The first kappa shape index (κ1) is 34.1. The Labute approximate surface area is 277 Å². The van der Waals surface area contributed by atoms with Crippen LogP contribution in [0.2, 0.25) is 0 Å². The monoisotopic (exact) mass is 653 g/mol. The number of benzene rings is 3. The Kier molecular flexibility index (Phi) is 9.81. The first-order chi connectivity index (χ1) is 22.7. The van der Waals surface area contributed by atoms with Gasteiger partial charge >= 0.3 is 5.97 Å². The van der Waals surface area contributed by atoms with Gasteiger partial charge in [-0.25, -0.2) is 23.1 Å². The van der Waals surface area contributed by atoms with Crippen molar-refractivity contribution in [3.05, 3.63) is 124 Å². The van der Waals surface area contributed by atoms with Crippen LogP contribution in [0.1, 0.15) is 93.7 Å². The van der Waals surface area contributed by atoms with Gasteiger partial charge in [0.1, 0.15) is 17.0 Å². The molecule has 0 saturated carbocycles. The summed E-state index contributed by atoms with van der Waals surface area (Å²) in [6, 6.07) is 19.7. The van der Waals surface area contributed by atoms with Gasteiger partial charge in [0.2, 0.25) is 0 Å². The molecule has 9 nitrogen and oxygen atoms in total. The largest absolute Gasteiger partial charge is 0.456 e. The van der Waals surface area contributed by atoms with Crippen LogP contribution in [0.3, 0.4) is 0 Å². The number of halogens is 2. The highest BCUT2D eigenvalue weighted by molar-refractivity contribution is 5.98. The standard InChI is InChI=1S/C22H16F2N4O2.C15H21NO2/c1-13(29)18-10-20(22(30)25-12-14-7-8-16(23)17(24)9-14)28-21(26-18)11-19(27-28)15-5-3-2-4-6-15;1-9-10-7-8-13(16)12(10)6-5-11(9)14(17)18-15(2,3)4/h2-11H,12H2,1H3,(H,25,30);5-6,13H,7-8,16H2,1-4H3/t;13-/m.0/s1. The van der Waals surface area contributed by atoms with E-state index in [1.165, 1.54) is 34.7 Å². The molecular formula is C37H37F2N5O4. The fraction of sp³-hybridized carbons (Fsp3) is 0.270. The van der Waals surface area contributed by atoms with Gasteiger partial charge in [0.25, 0.3) is 5.91 Å². The highest BCUT2D eigenvalue weighted by Crippen LogP contribution is 2.33. The zero-order valence-electron chi connectivity index (χ0n) is 27.4. The van der Waals surface area contributed by atoms with E-state index in [0.717, 1.165) is 36.1 Å². The Balaban J connectivity index is 0.000000214. The number of carbonyl (C=O) groups is 3. The topological polar surface area (TPSA) is 129 Å². The zero-order chi connectivity index (χ0) is 34.7. The van der Waals surface area contributed by atoms with E-state index in [4.69, 9.17) is 10.5 Å². The van der Waals surface area contributed by atoms with Gasteiger partial charge < -0.3 is 15.8 Å². The third kappa shape index (κ3) is 7.63. The van der Waals surface area contributed by atoms with E-state index in [0.29, 0.717) is 22.5 Å². The summed E-state index contributed by atoms with van der Waals surface area (Å²) in [6.07, 6.45) is 1.92. The first-order valence-corrected chi connectivity index (χ1v) is 15.5.